The molecule has 0 heterocycles. The van der Waals surface area contributed by atoms with Gasteiger partial charge in [0.05, 0.1) is 5.60 Å². The molecule has 0 fully saturated rings. The minimum atomic E-state index is -0.0507. The molecule has 0 atom stereocenters. The average Bonchev–Trinajstić information content (AvgIpc) is 2.29. The van der Waals surface area contributed by atoms with Gasteiger partial charge in [-0.15, -0.1) is 0 Å². The third-order valence-corrected chi connectivity index (χ3v) is 3.19. The molecule has 0 aliphatic rings. The molecular weight excluding hydrogens is 210 g/mol. The summed E-state index contributed by atoms with van der Waals surface area (Å²) >= 11 is 0. The summed E-state index contributed by atoms with van der Waals surface area (Å²) in [6, 6.07) is 8.67. The van der Waals surface area contributed by atoms with Crippen molar-refractivity contribution in [3.63, 3.8) is 0 Å². The van der Waals surface area contributed by atoms with E-state index in [0.29, 0.717) is 5.92 Å². The number of rotatable bonds is 6. The van der Waals surface area contributed by atoms with Crippen LogP contribution in [0.4, 0.5) is 5.69 Å². The first kappa shape index (κ1) is 14.0. The van der Waals surface area contributed by atoms with Crippen LogP contribution in [0.3, 0.4) is 0 Å². The van der Waals surface area contributed by atoms with Crippen molar-refractivity contribution in [1.82, 2.24) is 0 Å². The SMILES string of the molecule is COC(C)(C)CCNc1ccc(C(C)C)cc1. The number of hydrogen-bond acceptors (Lipinski definition) is 2. The van der Waals surface area contributed by atoms with E-state index >= 15 is 0 Å². The van der Waals surface area contributed by atoms with E-state index in [1.807, 2.05) is 0 Å². The van der Waals surface area contributed by atoms with Gasteiger partial charge in [-0.05, 0) is 43.9 Å². The van der Waals surface area contributed by atoms with Gasteiger partial charge >= 0.3 is 0 Å². The van der Waals surface area contributed by atoms with Crippen molar-refractivity contribution < 1.29 is 4.74 Å². The molecule has 2 nitrogen and oxygen atoms in total. The monoisotopic (exact) mass is 235 g/mol. The number of nitrogens with one attached hydrogen (secondary N) is 1. The third-order valence-electron chi connectivity index (χ3n) is 3.19. The van der Waals surface area contributed by atoms with E-state index in [4.69, 9.17) is 4.74 Å². The second-order valence-electron chi connectivity index (χ2n) is 5.42. The van der Waals surface area contributed by atoms with Crippen molar-refractivity contribution in [2.75, 3.05) is 19.0 Å². The van der Waals surface area contributed by atoms with Gasteiger partial charge in [-0.1, -0.05) is 26.0 Å². The zero-order valence-electron chi connectivity index (χ0n) is 11.7. The largest absolute Gasteiger partial charge is 0.385 e. The maximum atomic E-state index is 5.39. The number of ether oxygens (including phenoxy) is 1. The van der Waals surface area contributed by atoms with Crippen LogP contribution in [0.5, 0.6) is 0 Å². The topological polar surface area (TPSA) is 21.3 Å². The molecule has 0 spiro atoms. The van der Waals surface area contributed by atoms with Gasteiger partial charge in [0.1, 0.15) is 0 Å². The van der Waals surface area contributed by atoms with Crippen LogP contribution >= 0.6 is 0 Å². The van der Waals surface area contributed by atoms with Crippen molar-refractivity contribution in [3.8, 4) is 0 Å². The molecule has 0 radical (unpaired) electrons. The molecule has 17 heavy (non-hydrogen) atoms. The van der Waals surface area contributed by atoms with E-state index in [1.54, 1.807) is 7.11 Å². The maximum absolute atomic E-state index is 5.39. The number of benzene rings is 1. The molecule has 1 aromatic rings. The standard InChI is InChI=1S/C15H25NO/c1-12(2)13-6-8-14(9-7-13)16-11-10-15(3,4)17-5/h6-9,12,16H,10-11H2,1-5H3. The molecular formula is C15H25NO. The zero-order valence-corrected chi connectivity index (χ0v) is 11.7. The van der Waals surface area contributed by atoms with E-state index in [1.165, 1.54) is 11.3 Å². The fourth-order valence-corrected chi connectivity index (χ4v) is 1.60. The predicted molar refractivity (Wildman–Crippen MR) is 74.7 cm³/mol. The third kappa shape index (κ3) is 4.78. The Morgan fingerprint density at radius 2 is 1.76 bits per heavy atom. The molecule has 0 unspecified atom stereocenters. The zero-order chi connectivity index (χ0) is 12.9. The molecule has 2 heteroatoms. The van der Waals surface area contributed by atoms with Crippen LogP contribution in [-0.2, 0) is 4.74 Å². The summed E-state index contributed by atoms with van der Waals surface area (Å²) in [5.41, 5.74) is 2.51. The molecule has 0 amide bonds. The summed E-state index contributed by atoms with van der Waals surface area (Å²) in [4.78, 5) is 0. The van der Waals surface area contributed by atoms with Gasteiger partial charge in [0, 0.05) is 19.3 Å². The van der Waals surface area contributed by atoms with E-state index < -0.39 is 0 Å². The normalized spacial score (nSPS) is 11.9. The Kier molecular flexibility index (Phi) is 5.01. The lowest BCUT2D eigenvalue weighted by molar-refractivity contribution is 0.0185. The lowest BCUT2D eigenvalue weighted by Crippen LogP contribution is -2.25. The predicted octanol–water partition coefficient (Wildman–Crippen LogP) is 4.04. The minimum Gasteiger partial charge on any atom is -0.385 e. The summed E-state index contributed by atoms with van der Waals surface area (Å²) < 4.78 is 5.39. The lowest BCUT2D eigenvalue weighted by Gasteiger charge is -2.23. The summed E-state index contributed by atoms with van der Waals surface area (Å²) in [5, 5.41) is 3.42. The Morgan fingerprint density at radius 3 is 2.24 bits per heavy atom. The van der Waals surface area contributed by atoms with Crippen molar-refractivity contribution in [2.24, 2.45) is 0 Å². The highest BCUT2D eigenvalue weighted by molar-refractivity contribution is 5.45. The number of anilines is 1. The van der Waals surface area contributed by atoms with Crippen molar-refractivity contribution in [2.45, 2.75) is 45.6 Å². The van der Waals surface area contributed by atoms with Crippen molar-refractivity contribution in [1.29, 1.82) is 0 Å². The van der Waals surface area contributed by atoms with Gasteiger partial charge in [0.2, 0.25) is 0 Å². The van der Waals surface area contributed by atoms with Gasteiger partial charge in [-0.2, -0.15) is 0 Å². The Balaban J connectivity index is 2.42. The molecule has 0 aliphatic carbocycles. The first-order valence-corrected chi connectivity index (χ1v) is 6.33. The maximum Gasteiger partial charge on any atom is 0.0639 e. The van der Waals surface area contributed by atoms with Gasteiger partial charge in [-0.3, -0.25) is 0 Å². The van der Waals surface area contributed by atoms with E-state index in [0.717, 1.165) is 13.0 Å². The molecule has 0 saturated heterocycles. The van der Waals surface area contributed by atoms with Crippen LogP contribution in [0.2, 0.25) is 0 Å². The molecule has 0 aliphatic heterocycles. The Morgan fingerprint density at radius 1 is 1.18 bits per heavy atom. The second-order valence-corrected chi connectivity index (χ2v) is 5.42. The Bertz CT molecular complexity index is 327. The van der Waals surface area contributed by atoms with E-state index in [2.05, 4.69) is 57.3 Å². The highest BCUT2D eigenvalue weighted by Crippen LogP contribution is 2.18. The molecule has 1 N–H and O–H groups in total. The smallest absolute Gasteiger partial charge is 0.0639 e. The molecule has 0 saturated carbocycles. The van der Waals surface area contributed by atoms with Gasteiger partial charge < -0.3 is 10.1 Å². The van der Waals surface area contributed by atoms with E-state index in [-0.39, 0.29) is 5.60 Å². The highest BCUT2D eigenvalue weighted by Gasteiger charge is 2.15. The molecule has 1 aromatic carbocycles. The second kappa shape index (κ2) is 6.06. The first-order valence-electron chi connectivity index (χ1n) is 6.33. The quantitative estimate of drug-likeness (QED) is 0.803. The van der Waals surface area contributed by atoms with Gasteiger partial charge in [0.25, 0.3) is 0 Å². The highest BCUT2D eigenvalue weighted by atomic mass is 16.5. The van der Waals surface area contributed by atoms with Crippen molar-refractivity contribution in [3.05, 3.63) is 29.8 Å². The molecule has 0 bridgehead atoms. The van der Waals surface area contributed by atoms with Crippen LogP contribution < -0.4 is 5.32 Å². The Labute approximate surface area is 105 Å². The fourth-order valence-electron chi connectivity index (χ4n) is 1.60. The van der Waals surface area contributed by atoms with Gasteiger partial charge in [-0.25, -0.2) is 0 Å². The van der Waals surface area contributed by atoms with Crippen LogP contribution in [-0.4, -0.2) is 19.3 Å². The molecule has 1 rings (SSSR count). The lowest BCUT2D eigenvalue weighted by atomic mass is 10.0. The molecule has 0 aromatic heterocycles. The van der Waals surface area contributed by atoms with E-state index in [9.17, 15) is 0 Å². The summed E-state index contributed by atoms with van der Waals surface area (Å²) in [6.07, 6.45) is 0.995. The summed E-state index contributed by atoms with van der Waals surface area (Å²) in [7, 11) is 1.76. The van der Waals surface area contributed by atoms with Gasteiger partial charge in [0.15, 0.2) is 0 Å². The van der Waals surface area contributed by atoms with Crippen LogP contribution in [0, 0.1) is 0 Å². The number of hydrogen-bond donors (Lipinski definition) is 1. The first-order chi connectivity index (χ1) is 7.94. The fraction of sp³-hybridized carbons (Fsp3) is 0.600. The molecule has 96 valence electrons. The van der Waals surface area contributed by atoms with Crippen LogP contribution in [0.25, 0.3) is 0 Å². The summed E-state index contributed by atoms with van der Waals surface area (Å²) in [6.45, 7) is 9.57. The minimum absolute atomic E-state index is 0.0507. The number of methoxy groups -OCH3 is 1. The van der Waals surface area contributed by atoms with Crippen molar-refractivity contribution >= 4 is 5.69 Å². The summed E-state index contributed by atoms with van der Waals surface area (Å²) in [5.74, 6) is 0.594. The Hall–Kier alpha value is -1.02. The average molecular weight is 235 g/mol. The van der Waals surface area contributed by atoms with Crippen LogP contribution in [0.15, 0.2) is 24.3 Å². The van der Waals surface area contributed by atoms with Crippen LogP contribution in [0.1, 0.15) is 45.6 Å².